The van der Waals surface area contributed by atoms with Crippen molar-refractivity contribution < 1.29 is 21.9 Å². The second kappa shape index (κ2) is 6.34. The first-order chi connectivity index (χ1) is 2.77. The Morgan fingerprint density at radius 1 is 1.86 bits per heavy atom. The minimum absolute atomic E-state index is 0. The van der Waals surface area contributed by atoms with Crippen LogP contribution >= 0.6 is 11.8 Å². The summed E-state index contributed by atoms with van der Waals surface area (Å²) in [7, 11) is 0. The molecule has 2 N–H and O–H groups in total. The third-order valence-corrected chi connectivity index (χ3v) is 0.860. The number of rotatable bonds is 1. The van der Waals surface area contributed by atoms with Crippen LogP contribution in [0.25, 0.3) is 0 Å². The summed E-state index contributed by atoms with van der Waals surface area (Å²) in [6.45, 7) is 1.88. The molecule has 0 aliphatic carbocycles. The van der Waals surface area contributed by atoms with Crippen molar-refractivity contribution in [3.8, 4) is 0 Å². The van der Waals surface area contributed by atoms with E-state index in [-0.39, 0.29) is 22.3 Å². The molecule has 0 saturated heterocycles. The molecule has 0 heterocycles. The minimum atomic E-state index is -0.294. The van der Waals surface area contributed by atoms with Crippen molar-refractivity contribution >= 4 is 17.0 Å². The Morgan fingerprint density at radius 3 is 2.29 bits per heavy atom. The second-order valence-electron chi connectivity index (χ2n) is 0.752. The summed E-state index contributed by atoms with van der Waals surface area (Å²) in [6, 6.07) is 0. The molecule has 0 rings (SSSR count). The van der Waals surface area contributed by atoms with Crippen molar-refractivity contribution in [1.82, 2.24) is 0 Å². The van der Waals surface area contributed by atoms with Crippen molar-refractivity contribution in [1.29, 1.82) is 0 Å². The van der Waals surface area contributed by atoms with Gasteiger partial charge in [0.1, 0.15) is 0 Å². The van der Waals surface area contributed by atoms with E-state index in [0.717, 1.165) is 17.5 Å². The van der Waals surface area contributed by atoms with Crippen molar-refractivity contribution in [2.24, 2.45) is 5.73 Å². The first-order valence-electron chi connectivity index (χ1n) is 1.69. The third kappa shape index (κ3) is 10.7. The summed E-state index contributed by atoms with van der Waals surface area (Å²) < 4.78 is 0. The normalized spacial score (nSPS) is 7.00. The Bertz CT molecular complexity index is 58.9. The predicted octanol–water partition coefficient (Wildman–Crippen LogP) is 0.816. The Kier molecular flexibility index (Phi) is 9.37. The van der Waals surface area contributed by atoms with Gasteiger partial charge in [-0.15, -0.1) is 0 Å². The molecule has 4 heteroatoms. The van der Waals surface area contributed by atoms with Gasteiger partial charge in [0.15, 0.2) is 0 Å². The fraction of sp³-hybridized carbons (Fsp3) is 0.667. The summed E-state index contributed by atoms with van der Waals surface area (Å²) in [4.78, 5) is 9.78. The van der Waals surface area contributed by atoms with E-state index >= 15 is 0 Å². The Hall–Kier alpha value is 0.339. The van der Waals surface area contributed by atoms with Gasteiger partial charge in [-0.1, -0.05) is 18.7 Å². The number of hydrogen-bond acceptors (Lipinski definition) is 2. The second-order valence-corrected chi connectivity index (χ2v) is 2.02. The van der Waals surface area contributed by atoms with Crippen LogP contribution in [0.3, 0.4) is 0 Å². The van der Waals surface area contributed by atoms with Crippen LogP contribution in [-0.4, -0.2) is 11.0 Å². The first-order valence-corrected chi connectivity index (χ1v) is 2.68. The number of nitrogens with two attached hydrogens (primary N) is 1. The summed E-state index contributed by atoms with van der Waals surface area (Å²) >= 11 is 1.12. The van der Waals surface area contributed by atoms with E-state index in [1.165, 1.54) is 0 Å². The summed E-state index contributed by atoms with van der Waals surface area (Å²) in [5.41, 5.74) is 4.73. The van der Waals surface area contributed by atoms with Gasteiger partial charge in [-0.3, -0.25) is 4.79 Å². The number of primary amides is 1. The van der Waals surface area contributed by atoms with Gasteiger partial charge in [0, 0.05) is 17.1 Å². The first kappa shape index (κ1) is 10.3. The maximum atomic E-state index is 9.78. The minimum Gasteiger partial charge on any atom is -0.361 e. The number of hydrogen-bond donors (Lipinski definition) is 1. The maximum absolute atomic E-state index is 9.78. The summed E-state index contributed by atoms with van der Waals surface area (Å²) in [6.07, 6.45) is 0. The third-order valence-electron chi connectivity index (χ3n) is 0.287. The average molecular weight is 169 g/mol. The molecular formula is C3H7CuNOS. The van der Waals surface area contributed by atoms with Crippen LogP contribution in [0.1, 0.15) is 6.92 Å². The number of amides is 1. The molecule has 0 aromatic rings. The standard InChI is InChI=1S/C3H7NOS.Cu/c1-2-6-3(4)5;/h2H2,1H3,(H2,4,5);. The predicted molar refractivity (Wildman–Crippen MR) is 27.7 cm³/mol. The molecule has 1 amide bonds. The van der Waals surface area contributed by atoms with Crippen molar-refractivity contribution in [2.45, 2.75) is 6.92 Å². The van der Waals surface area contributed by atoms with Gasteiger partial charge >= 0.3 is 0 Å². The van der Waals surface area contributed by atoms with Crippen LogP contribution < -0.4 is 5.73 Å². The van der Waals surface area contributed by atoms with Crippen molar-refractivity contribution in [3.05, 3.63) is 0 Å². The fourth-order valence-electron chi connectivity index (χ4n) is 0.142. The molecular weight excluding hydrogens is 162 g/mol. The molecule has 0 aromatic heterocycles. The van der Waals surface area contributed by atoms with Gasteiger partial charge in [0.05, 0.1) is 0 Å². The SMILES string of the molecule is CCSC(N)=O.[Cu]. The van der Waals surface area contributed by atoms with Crippen LogP contribution in [0.2, 0.25) is 0 Å². The molecule has 0 aromatic carbocycles. The zero-order valence-corrected chi connectivity index (χ0v) is 5.66. The van der Waals surface area contributed by atoms with Crippen LogP contribution in [0, 0.1) is 0 Å². The number of thioether (sulfide) groups is 1. The van der Waals surface area contributed by atoms with Crippen molar-refractivity contribution in [2.75, 3.05) is 5.75 Å². The van der Waals surface area contributed by atoms with E-state index in [4.69, 9.17) is 5.73 Å². The molecule has 0 saturated carbocycles. The van der Waals surface area contributed by atoms with Gasteiger partial charge < -0.3 is 5.73 Å². The summed E-state index contributed by atoms with van der Waals surface area (Å²) in [5.74, 6) is 0.773. The smallest absolute Gasteiger partial charge is 0.276 e. The zero-order chi connectivity index (χ0) is 4.99. The van der Waals surface area contributed by atoms with Crippen LogP contribution in [0.5, 0.6) is 0 Å². The quantitative estimate of drug-likeness (QED) is 0.590. The number of carbonyl (C=O) groups is 1. The molecule has 0 unspecified atom stereocenters. The molecule has 0 fully saturated rings. The Balaban J connectivity index is 0. The molecule has 0 atom stereocenters. The molecule has 2 nitrogen and oxygen atoms in total. The Morgan fingerprint density at radius 2 is 2.29 bits per heavy atom. The van der Waals surface area contributed by atoms with Crippen LogP contribution in [0.4, 0.5) is 4.79 Å². The van der Waals surface area contributed by atoms with Gasteiger partial charge in [-0.2, -0.15) is 0 Å². The number of carbonyl (C=O) groups excluding carboxylic acids is 1. The fourth-order valence-corrected chi connectivity index (χ4v) is 0.427. The average Bonchev–Trinajstić information content (AvgIpc) is 1.35. The largest absolute Gasteiger partial charge is 0.361 e. The zero-order valence-electron chi connectivity index (χ0n) is 3.90. The molecule has 0 aliphatic heterocycles. The Labute approximate surface area is 57.7 Å². The van der Waals surface area contributed by atoms with E-state index in [1.54, 1.807) is 0 Å². The van der Waals surface area contributed by atoms with Crippen LogP contribution in [-0.2, 0) is 17.1 Å². The van der Waals surface area contributed by atoms with Gasteiger partial charge in [0.25, 0.3) is 5.24 Å². The van der Waals surface area contributed by atoms with Crippen molar-refractivity contribution in [3.63, 3.8) is 0 Å². The van der Waals surface area contributed by atoms with Gasteiger partial charge in [-0.25, -0.2) is 0 Å². The van der Waals surface area contributed by atoms with E-state index < -0.39 is 0 Å². The maximum Gasteiger partial charge on any atom is 0.276 e. The molecule has 1 radical (unpaired) electrons. The van der Waals surface area contributed by atoms with Crippen LogP contribution in [0.15, 0.2) is 0 Å². The van der Waals surface area contributed by atoms with E-state index in [2.05, 4.69) is 0 Å². The molecule has 0 bridgehead atoms. The molecule has 0 spiro atoms. The van der Waals surface area contributed by atoms with E-state index in [1.807, 2.05) is 6.92 Å². The molecule has 0 aliphatic rings. The van der Waals surface area contributed by atoms with Gasteiger partial charge in [-0.05, 0) is 5.75 Å². The topological polar surface area (TPSA) is 43.1 Å². The molecule has 47 valence electrons. The van der Waals surface area contributed by atoms with E-state index in [0.29, 0.717) is 0 Å². The van der Waals surface area contributed by atoms with Gasteiger partial charge in [0.2, 0.25) is 0 Å². The monoisotopic (exact) mass is 168 g/mol. The molecule has 7 heavy (non-hydrogen) atoms. The van der Waals surface area contributed by atoms with E-state index in [9.17, 15) is 4.79 Å². The summed E-state index contributed by atoms with van der Waals surface area (Å²) in [5, 5.41) is -0.294.